The number of aliphatic hydroxyl groups is 1. The Morgan fingerprint density at radius 2 is 1.81 bits per heavy atom. The van der Waals surface area contributed by atoms with Crippen LogP contribution in [-0.2, 0) is 6.54 Å². The maximum absolute atomic E-state index is 11.2. The molecule has 2 heterocycles. The van der Waals surface area contributed by atoms with Crippen LogP contribution in [0.3, 0.4) is 0 Å². The van der Waals surface area contributed by atoms with Crippen molar-refractivity contribution in [1.29, 1.82) is 0 Å². The molecule has 5 rings (SSSR count). The summed E-state index contributed by atoms with van der Waals surface area (Å²) >= 11 is 0. The summed E-state index contributed by atoms with van der Waals surface area (Å²) in [6.07, 6.45) is 1.62. The van der Waals surface area contributed by atoms with Gasteiger partial charge in [-0.3, -0.25) is 4.90 Å². The Balaban J connectivity index is 1.92. The highest BCUT2D eigenvalue weighted by Gasteiger charge is 2.38. The van der Waals surface area contributed by atoms with Gasteiger partial charge in [-0.1, -0.05) is 6.07 Å². The fourth-order valence-corrected chi connectivity index (χ4v) is 4.93. The zero-order valence-electron chi connectivity index (χ0n) is 15.5. The van der Waals surface area contributed by atoms with Crippen molar-refractivity contribution in [2.45, 2.75) is 31.5 Å². The lowest BCUT2D eigenvalue weighted by Crippen LogP contribution is -2.39. The number of aromatic hydroxyl groups is 1. The summed E-state index contributed by atoms with van der Waals surface area (Å²) in [5.74, 6) is 1.32. The van der Waals surface area contributed by atoms with Crippen molar-refractivity contribution in [2.75, 3.05) is 20.8 Å². The van der Waals surface area contributed by atoms with E-state index >= 15 is 0 Å². The van der Waals surface area contributed by atoms with Crippen LogP contribution >= 0.6 is 0 Å². The molecule has 140 valence electrons. The van der Waals surface area contributed by atoms with Crippen LogP contribution in [0.5, 0.6) is 17.2 Å². The first kappa shape index (κ1) is 16.7. The standard InChI is InChI=1S/C22H23NO4/c1-26-12-5-6-13-14(8-12)15-9-19(24)20(27-2)10-16(15)17-11-23-7-3-4-18(23)22(25)21(13)17/h5-6,8-10,18,22,24-25H,3-4,7,11H2,1-2H3/t18-,22+/m0/s1. The van der Waals surface area contributed by atoms with Gasteiger partial charge < -0.3 is 19.7 Å². The minimum atomic E-state index is -0.517. The van der Waals surface area contributed by atoms with Gasteiger partial charge >= 0.3 is 0 Å². The lowest BCUT2D eigenvalue weighted by Gasteiger charge is -2.37. The summed E-state index contributed by atoms with van der Waals surface area (Å²) in [5.41, 5.74) is 2.14. The zero-order chi connectivity index (χ0) is 18.7. The van der Waals surface area contributed by atoms with E-state index in [0.717, 1.165) is 64.4 Å². The first-order valence-electron chi connectivity index (χ1n) is 9.37. The molecule has 0 saturated carbocycles. The van der Waals surface area contributed by atoms with Crippen LogP contribution in [0.4, 0.5) is 0 Å². The molecule has 5 heteroatoms. The number of hydrogen-bond acceptors (Lipinski definition) is 5. The number of phenolic OH excluding ortho intramolecular Hbond substituents is 1. The predicted octanol–water partition coefficient (Wildman–Crippen LogP) is 3.73. The highest BCUT2D eigenvalue weighted by atomic mass is 16.5. The highest BCUT2D eigenvalue weighted by molar-refractivity contribution is 6.12. The lowest BCUT2D eigenvalue weighted by atomic mass is 9.83. The number of aliphatic hydroxyl groups excluding tert-OH is 1. The van der Waals surface area contributed by atoms with E-state index in [1.165, 1.54) is 0 Å². The average Bonchev–Trinajstić information content (AvgIpc) is 3.16. The van der Waals surface area contributed by atoms with Crippen molar-refractivity contribution >= 4 is 21.5 Å². The average molecular weight is 365 g/mol. The molecule has 2 aliphatic rings. The van der Waals surface area contributed by atoms with Crippen LogP contribution < -0.4 is 9.47 Å². The normalized spacial score (nSPS) is 22.0. The molecule has 2 atom stereocenters. The second kappa shape index (κ2) is 6.01. The zero-order valence-corrected chi connectivity index (χ0v) is 15.5. The topological polar surface area (TPSA) is 62.2 Å². The Labute approximate surface area is 157 Å². The Morgan fingerprint density at radius 3 is 2.59 bits per heavy atom. The van der Waals surface area contributed by atoms with Gasteiger partial charge in [0.15, 0.2) is 11.5 Å². The minimum absolute atomic E-state index is 0.115. The summed E-state index contributed by atoms with van der Waals surface area (Å²) in [7, 11) is 3.20. The predicted molar refractivity (Wildman–Crippen MR) is 105 cm³/mol. The number of fused-ring (bicyclic) bond motifs is 7. The van der Waals surface area contributed by atoms with Crippen molar-refractivity contribution in [3.63, 3.8) is 0 Å². The summed E-state index contributed by atoms with van der Waals surface area (Å²) in [4.78, 5) is 2.38. The highest BCUT2D eigenvalue weighted by Crippen LogP contribution is 2.47. The fraction of sp³-hybridized carbons (Fsp3) is 0.364. The molecule has 3 aromatic rings. The quantitative estimate of drug-likeness (QED) is 0.678. The van der Waals surface area contributed by atoms with E-state index in [2.05, 4.69) is 4.90 Å². The lowest BCUT2D eigenvalue weighted by molar-refractivity contribution is 0.0552. The fourth-order valence-electron chi connectivity index (χ4n) is 4.93. The van der Waals surface area contributed by atoms with Crippen molar-refractivity contribution in [1.82, 2.24) is 4.90 Å². The molecule has 0 spiro atoms. The molecular weight excluding hydrogens is 342 g/mol. The Kier molecular flexibility index (Phi) is 3.71. The van der Waals surface area contributed by atoms with Gasteiger partial charge in [-0.15, -0.1) is 0 Å². The second-order valence-electron chi connectivity index (χ2n) is 7.50. The first-order chi connectivity index (χ1) is 13.1. The van der Waals surface area contributed by atoms with Gasteiger partial charge in [0.05, 0.1) is 20.3 Å². The van der Waals surface area contributed by atoms with E-state index in [-0.39, 0.29) is 11.8 Å². The summed E-state index contributed by atoms with van der Waals surface area (Å²) < 4.78 is 10.8. The molecule has 1 saturated heterocycles. The molecule has 5 nitrogen and oxygen atoms in total. The van der Waals surface area contributed by atoms with E-state index in [1.807, 2.05) is 24.3 Å². The third-order valence-corrected chi connectivity index (χ3v) is 6.21. The van der Waals surface area contributed by atoms with Gasteiger partial charge in [0, 0.05) is 12.6 Å². The van der Waals surface area contributed by atoms with E-state index in [0.29, 0.717) is 5.75 Å². The van der Waals surface area contributed by atoms with Gasteiger partial charge in [-0.25, -0.2) is 0 Å². The molecule has 0 unspecified atom stereocenters. The number of phenols is 1. The molecule has 27 heavy (non-hydrogen) atoms. The second-order valence-corrected chi connectivity index (χ2v) is 7.50. The molecule has 0 radical (unpaired) electrons. The summed E-state index contributed by atoms with van der Waals surface area (Å²) in [5, 5.41) is 25.6. The van der Waals surface area contributed by atoms with Crippen LogP contribution in [0, 0.1) is 0 Å². The third kappa shape index (κ3) is 2.32. The third-order valence-electron chi connectivity index (χ3n) is 6.21. The molecule has 0 amide bonds. The van der Waals surface area contributed by atoms with Crippen LogP contribution in [0.1, 0.15) is 30.1 Å². The van der Waals surface area contributed by atoms with Crippen LogP contribution in [0.15, 0.2) is 30.3 Å². The summed E-state index contributed by atoms with van der Waals surface area (Å²) in [6.45, 7) is 1.82. The first-order valence-corrected chi connectivity index (χ1v) is 9.37. The molecule has 0 aromatic heterocycles. The van der Waals surface area contributed by atoms with Crippen LogP contribution in [0.25, 0.3) is 21.5 Å². The van der Waals surface area contributed by atoms with E-state index in [4.69, 9.17) is 9.47 Å². The maximum Gasteiger partial charge on any atom is 0.161 e. The SMILES string of the molecule is COc1ccc2c3c(c4cc(OC)c(O)cc4c2c1)CN1CCC[C@H]1[C@H]3O. The number of ether oxygens (including phenoxy) is 2. The molecule has 2 N–H and O–H groups in total. The minimum Gasteiger partial charge on any atom is -0.504 e. The van der Waals surface area contributed by atoms with Crippen molar-refractivity contribution in [2.24, 2.45) is 0 Å². The number of hydrogen-bond donors (Lipinski definition) is 2. The van der Waals surface area contributed by atoms with E-state index in [9.17, 15) is 10.2 Å². The van der Waals surface area contributed by atoms with Crippen LogP contribution in [-0.4, -0.2) is 41.9 Å². The van der Waals surface area contributed by atoms with Gasteiger partial charge in [-0.05, 0) is 76.3 Å². The largest absolute Gasteiger partial charge is 0.504 e. The number of benzene rings is 3. The van der Waals surface area contributed by atoms with Gasteiger partial charge in [0.1, 0.15) is 5.75 Å². The molecule has 0 bridgehead atoms. The molecule has 0 aliphatic carbocycles. The maximum atomic E-state index is 11.2. The molecular formula is C22H23NO4. The van der Waals surface area contributed by atoms with Crippen molar-refractivity contribution in [3.8, 4) is 17.2 Å². The molecule has 2 aliphatic heterocycles. The summed E-state index contributed by atoms with van der Waals surface area (Å²) in [6, 6.07) is 9.79. The van der Waals surface area contributed by atoms with Gasteiger partial charge in [0.25, 0.3) is 0 Å². The smallest absolute Gasteiger partial charge is 0.161 e. The van der Waals surface area contributed by atoms with Crippen LogP contribution in [0.2, 0.25) is 0 Å². The number of methoxy groups -OCH3 is 2. The Bertz CT molecular complexity index is 1060. The van der Waals surface area contributed by atoms with E-state index in [1.54, 1.807) is 20.3 Å². The number of nitrogens with zero attached hydrogens (tertiary/aromatic N) is 1. The Hall–Kier alpha value is -2.50. The number of rotatable bonds is 2. The molecule has 3 aromatic carbocycles. The van der Waals surface area contributed by atoms with Crippen molar-refractivity contribution < 1.29 is 19.7 Å². The van der Waals surface area contributed by atoms with E-state index < -0.39 is 6.10 Å². The van der Waals surface area contributed by atoms with Gasteiger partial charge in [0.2, 0.25) is 0 Å². The Morgan fingerprint density at radius 1 is 1.00 bits per heavy atom. The van der Waals surface area contributed by atoms with Crippen molar-refractivity contribution in [3.05, 3.63) is 41.5 Å². The molecule has 1 fully saturated rings. The van der Waals surface area contributed by atoms with Gasteiger partial charge in [-0.2, -0.15) is 0 Å². The monoisotopic (exact) mass is 365 g/mol.